The Kier molecular flexibility index (Phi) is 3.57. The molecule has 3 aromatic heterocycles. The molecule has 0 aliphatic rings. The molecule has 0 amide bonds. The predicted octanol–water partition coefficient (Wildman–Crippen LogP) is 4.33. The fourth-order valence-electron chi connectivity index (χ4n) is 1.75. The Hall–Kier alpha value is -0.960. The number of rotatable bonds is 2. The van der Waals surface area contributed by atoms with Crippen LogP contribution in [0.3, 0.4) is 0 Å². The molecule has 3 rings (SSSR count). The van der Waals surface area contributed by atoms with Gasteiger partial charge in [0.2, 0.25) is 0 Å². The van der Waals surface area contributed by atoms with Crippen LogP contribution in [0.4, 0.5) is 0 Å². The lowest BCUT2D eigenvalue weighted by Gasteiger charge is -2.02. The highest BCUT2D eigenvalue weighted by molar-refractivity contribution is 9.12. The van der Waals surface area contributed by atoms with Gasteiger partial charge in [-0.25, -0.2) is 4.79 Å². The van der Waals surface area contributed by atoms with Crippen molar-refractivity contribution in [2.24, 2.45) is 0 Å². The van der Waals surface area contributed by atoms with E-state index in [1.807, 2.05) is 6.07 Å². The smallest absolute Gasteiger partial charge is 0.337 e. The van der Waals surface area contributed by atoms with Crippen molar-refractivity contribution in [3.8, 4) is 11.4 Å². The van der Waals surface area contributed by atoms with Gasteiger partial charge in [-0.05, 0) is 44.0 Å². The van der Waals surface area contributed by atoms with Gasteiger partial charge >= 0.3 is 5.97 Å². The lowest BCUT2D eigenvalue weighted by Crippen LogP contribution is -2.00. The summed E-state index contributed by atoms with van der Waals surface area (Å²) in [4.78, 5) is 11.1. The maximum Gasteiger partial charge on any atom is 0.337 e. The quantitative estimate of drug-likeness (QED) is 0.648. The van der Waals surface area contributed by atoms with E-state index in [9.17, 15) is 4.79 Å². The van der Waals surface area contributed by atoms with Gasteiger partial charge in [0.05, 0.1) is 18.2 Å². The molecular formula is C11H4Br2ClN3O2S. The van der Waals surface area contributed by atoms with Crippen LogP contribution in [0.5, 0.6) is 0 Å². The van der Waals surface area contributed by atoms with Crippen molar-refractivity contribution >= 4 is 66.4 Å². The molecule has 9 heteroatoms. The number of nitrogens with zero attached hydrogens (tertiary/aromatic N) is 3. The minimum absolute atomic E-state index is 0.0777. The maximum absolute atomic E-state index is 11.1. The summed E-state index contributed by atoms with van der Waals surface area (Å²) in [6.45, 7) is 0. The molecule has 0 aromatic carbocycles. The summed E-state index contributed by atoms with van der Waals surface area (Å²) >= 11 is 14.4. The van der Waals surface area contributed by atoms with E-state index in [1.165, 1.54) is 23.6 Å². The first-order valence-corrected chi connectivity index (χ1v) is 7.98. The number of thiophene rings is 1. The Morgan fingerprint density at radius 3 is 2.70 bits per heavy atom. The summed E-state index contributed by atoms with van der Waals surface area (Å²) < 4.78 is 3.37. The zero-order chi connectivity index (χ0) is 14.4. The van der Waals surface area contributed by atoms with Crippen LogP contribution >= 0.6 is 54.8 Å². The molecule has 0 saturated heterocycles. The van der Waals surface area contributed by atoms with Crippen molar-refractivity contribution in [3.05, 3.63) is 36.5 Å². The molecule has 20 heavy (non-hydrogen) atoms. The summed E-state index contributed by atoms with van der Waals surface area (Å²) in [6, 6.07) is 3.24. The Morgan fingerprint density at radius 2 is 2.10 bits per heavy atom. The molecule has 102 valence electrons. The van der Waals surface area contributed by atoms with Gasteiger partial charge in [-0.15, -0.1) is 21.5 Å². The fraction of sp³-hybridized carbons (Fsp3) is 0. The first kappa shape index (κ1) is 14.0. The number of fused-ring (bicyclic) bond motifs is 1. The maximum atomic E-state index is 11.1. The van der Waals surface area contributed by atoms with Crippen LogP contribution in [-0.4, -0.2) is 25.7 Å². The highest BCUT2D eigenvalue weighted by Crippen LogP contribution is 2.38. The van der Waals surface area contributed by atoms with Crippen LogP contribution in [0.2, 0.25) is 5.02 Å². The normalized spacial score (nSPS) is 11.2. The molecule has 0 aliphatic heterocycles. The van der Waals surface area contributed by atoms with Gasteiger partial charge in [0.25, 0.3) is 0 Å². The molecule has 0 unspecified atom stereocenters. The van der Waals surface area contributed by atoms with E-state index >= 15 is 0 Å². The molecular weight excluding hydrogens is 433 g/mol. The average Bonchev–Trinajstić information content (AvgIpc) is 2.92. The number of carboxylic acids is 1. The molecule has 0 saturated carbocycles. The van der Waals surface area contributed by atoms with E-state index in [-0.39, 0.29) is 10.6 Å². The molecule has 0 aliphatic carbocycles. The third-order valence-corrected chi connectivity index (χ3v) is 5.22. The molecule has 0 fully saturated rings. The third kappa shape index (κ3) is 2.26. The first-order chi connectivity index (χ1) is 9.47. The number of hydrogen-bond acceptors (Lipinski definition) is 4. The standard InChI is InChI=1S/C11H4Br2ClN3O2S/c12-7-2-5(8(13)20-7)9-15-16-10-6(14)1-4(11(18)19)3-17(9)10/h1-3H,(H,18,19). The Bertz CT molecular complexity index is 846. The Labute approximate surface area is 138 Å². The fourth-order valence-corrected chi connectivity index (χ4v) is 4.78. The number of aromatic nitrogens is 3. The molecule has 0 bridgehead atoms. The van der Waals surface area contributed by atoms with Crippen LogP contribution in [0.15, 0.2) is 25.9 Å². The topological polar surface area (TPSA) is 67.5 Å². The number of carbonyl (C=O) groups is 1. The van der Waals surface area contributed by atoms with E-state index in [0.717, 1.165) is 13.1 Å². The number of hydrogen-bond donors (Lipinski definition) is 1. The van der Waals surface area contributed by atoms with Gasteiger partial charge in [-0.3, -0.25) is 4.40 Å². The molecule has 3 heterocycles. The molecule has 3 aromatic rings. The highest BCUT2D eigenvalue weighted by atomic mass is 79.9. The summed E-state index contributed by atoms with van der Waals surface area (Å²) in [6.07, 6.45) is 1.46. The summed E-state index contributed by atoms with van der Waals surface area (Å²) in [5, 5.41) is 17.4. The number of pyridine rings is 1. The molecule has 1 N–H and O–H groups in total. The lowest BCUT2D eigenvalue weighted by atomic mass is 10.2. The minimum atomic E-state index is -1.06. The molecule has 0 spiro atoms. The average molecular weight is 438 g/mol. The van der Waals surface area contributed by atoms with Gasteiger partial charge < -0.3 is 5.11 Å². The van der Waals surface area contributed by atoms with Gasteiger partial charge in [0.1, 0.15) is 0 Å². The number of carboxylic acid groups (broad SMARTS) is 1. The van der Waals surface area contributed by atoms with Crippen molar-refractivity contribution in [2.45, 2.75) is 0 Å². The van der Waals surface area contributed by atoms with Crippen LogP contribution in [0.25, 0.3) is 17.0 Å². The second-order valence-corrected chi connectivity index (χ2v) is 7.99. The van der Waals surface area contributed by atoms with E-state index in [2.05, 4.69) is 42.1 Å². The second kappa shape index (κ2) is 5.10. The van der Waals surface area contributed by atoms with Gasteiger partial charge in [0.15, 0.2) is 11.5 Å². The summed E-state index contributed by atoms with van der Waals surface area (Å²) in [5.41, 5.74) is 1.31. The van der Waals surface area contributed by atoms with E-state index < -0.39 is 5.97 Å². The summed E-state index contributed by atoms with van der Waals surface area (Å²) in [5.74, 6) is -0.530. The van der Waals surface area contributed by atoms with Gasteiger partial charge in [-0.1, -0.05) is 11.6 Å². The Balaban J connectivity index is 2.32. The zero-order valence-corrected chi connectivity index (χ0v) is 14.2. The highest BCUT2D eigenvalue weighted by Gasteiger charge is 2.17. The third-order valence-electron chi connectivity index (χ3n) is 2.60. The van der Waals surface area contributed by atoms with Crippen molar-refractivity contribution in [2.75, 3.05) is 0 Å². The first-order valence-electron chi connectivity index (χ1n) is 5.20. The van der Waals surface area contributed by atoms with E-state index in [1.54, 1.807) is 4.40 Å². The van der Waals surface area contributed by atoms with Crippen molar-refractivity contribution in [1.29, 1.82) is 0 Å². The number of aromatic carboxylic acids is 1. The van der Waals surface area contributed by atoms with Crippen LogP contribution in [0, 0.1) is 0 Å². The molecule has 0 radical (unpaired) electrons. The minimum Gasteiger partial charge on any atom is -0.478 e. The van der Waals surface area contributed by atoms with Crippen LogP contribution in [-0.2, 0) is 0 Å². The van der Waals surface area contributed by atoms with Crippen molar-refractivity contribution in [3.63, 3.8) is 0 Å². The Morgan fingerprint density at radius 1 is 1.35 bits per heavy atom. The lowest BCUT2D eigenvalue weighted by molar-refractivity contribution is 0.0696. The van der Waals surface area contributed by atoms with Gasteiger partial charge in [0, 0.05) is 11.8 Å². The molecule has 0 atom stereocenters. The van der Waals surface area contributed by atoms with Crippen LogP contribution in [0.1, 0.15) is 10.4 Å². The summed E-state index contributed by atoms with van der Waals surface area (Å²) in [7, 11) is 0. The zero-order valence-electron chi connectivity index (χ0n) is 9.47. The van der Waals surface area contributed by atoms with Crippen LogP contribution < -0.4 is 0 Å². The van der Waals surface area contributed by atoms with E-state index in [0.29, 0.717) is 11.5 Å². The second-order valence-electron chi connectivity index (χ2n) is 3.84. The SMILES string of the molecule is O=C(O)c1cc(Cl)c2nnc(-c3cc(Br)sc3Br)n2c1. The largest absolute Gasteiger partial charge is 0.478 e. The van der Waals surface area contributed by atoms with Crippen molar-refractivity contribution < 1.29 is 9.90 Å². The molecule has 5 nitrogen and oxygen atoms in total. The predicted molar refractivity (Wildman–Crippen MR) is 83.7 cm³/mol. The monoisotopic (exact) mass is 435 g/mol. The van der Waals surface area contributed by atoms with Crippen molar-refractivity contribution in [1.82, 2.24) is 14.6 Å². The number of halogens is 3. The van der Waals surface area contributed by atoms with Gasteiger partial charge in [-0.2, -0.15) is 0 Å². The van der Waals surface area contributed by atoms with E-state index in [4.69, 9.17) is 16.7 Å².